The van der Waals surface area contributed by atoms with E-state index in [1.165, 1.54) is 6.42 Å². The number of nitrogens with zero attached hydrogens (tertiary/aromatic N) is 2. The molecule has 1 aliphatic heterocycles. The topological polar surface area (TPSA) is 73.8 Å². The largest absolute Gasteiger partial charge is 0.357 e. The Balaban J connectivity index is 1.83. The van der Waals surface area contributed by atoms with Gasteiger partial charge >= 0.3 is 0 Å². The van der Waals surface area contributed by atoms with Crippen LogP contribution in [0.5, 0.6) is 0 Å². The van der Waals surface area contributed by atoms with Gasteiger partial charge in [0.25, 0.3) is 0 Å². The van der Waals surface area contributed by atoms with Crippen LogP contribution in [-0.2, 0) is 10.0 Å². The zero-order valence-electron chi connectivity index (χ0n) is 15.0. The molecule has 2 aliphatic rings. The second kappa shape index (κ2) is 9.87. The summed E-state index contributed by atoms with van der Waals surface area (Å²) >= 11 is 2.02. The summed E-state index contributed by atoms with van der Waals surface area (Å²) in [4.78, 5) is 6.82. The lowest BCUT2D eigenvalue weighted by molar-refractivity contribution is 0.316. The van der Waals surface area contributed by atoms with Crippen LogP contribution in [0.4, 0.5) is 0 Å². The molecule has 24 heavy (non-hydrogen) atoms. The molecule has 1 unspecified atom stereocenters. The van der Waals surface area contributed by atoms with Crippen molar-refractivity contribution in [2.24, 2.45) is 10.9 Å². The first kappa shape index (κ1) is 19.8. The maximum Gasteiger partial charge on any atom is 0.213 e. The minimum atomic E-state index is -3.22. The Morgan fingerprint density at radius 1 is 1.33 bits per heavy atom. The summed E-state index contributed by atoms with van der Waals surface area (Å²) in [5.74, 6) is 2.56. The number of thioether (sulfide) groups is 1. The Morgan fingerprint density at radius 3 is 2.75 bits per heavy atom. The van der Waals surface area contributed by atoms with E-state index in [1.54, 1.807) is 0 Å². The van der Waals surface area contributed by atoms with Crippen LogP contribution in [0.1, 0.15) is 39.5 Å². The van der Waals surface area contributed by atoms with Crippen LogP contribution in [0.15, 0.2) is 4.99 Å². The SMILES string of the molecule is CCNC(=NCCS(=O)(=O)NCC1CCC1)N1CCSC(CC)C1. The lowest BCUT2D eigenvalue weighted by Crippen LogP contribution is -2.48. The van der Waals surface area contributed by atoms with E-state index in [2.05, 4.69) is 26.9 Å². The molecule has 0 aromatic carbocycles. The first-order chi connectivity index (χ1) is 11.5. The van der Waals surface area contributed by atoms with E-state index in [0.717, 1.165) is 50.6 Å². The fourth-order valence-electron chi connectivity index (χ4n) is 2.87. The molecule has 0 bridgehead atoms. The molecular formula is C16H32N4O2S2. The second-order valence-electron chi connectivity index (χ2n) is 6.55. The lowest BCUT2D eigenvalue weighted by atomic mass is 9.86. The fourth-order valence-corrected chi connectivity index (χ4v) is 5.02. The number of hydrogen-bond donors (Lipinski definition) is 2. The van der Waals surface area contributed by atoms with Crippen molar-refractivity contribution in [1.82, 2.24) is 14.9 Å². The van der Waals surface area contributed by atoms with Crippen molar-refractivity contribution in [3.63, 3.8) is 0 Å². The van der Waals surface area contributed by atoms with Gasteiger partial charge in [0.2, 0.25) is 10.0 Å². The van der Waals surface area contributed by atoms with Gasteiger partial charge in [0.15, 0.2) is 5.96 Å². The molecule has 2 N–H and O–H groups in total. The van der Waals surface area contributed by atoms with Crippen molar-refractivity contribution in [3.8, 4) is 0 Å². The number of sulfonamides is 1. The molecule has 1 heterocycles. The Morgan fingerprint density at radius 2 is 2.12 bits per heavy atom. The predicted molar refractivity (Wildman–Crippen MR) is 103 cm³/mol. The summed E-state index contributed by atoms with van der Waals surface area (Å²) < 4.78 is 26.9. The number of rotatable bonds is 8. The summed E-state index contributed by atoms with van der Waals surface area (Å²) in [6, 6.07) is 0. The lowest BCUT2D eigenvalue weighted by Gasteiger charge is -2.34. The third kappa shape index (κ3) is 6.44. The Kier molecular flexibility index (Phi) is 8.16. The Bertz CT molecular complexity index is 506. The molecule has 1 atom stereocenters. The molecule has 0 aromatic rings. The van der Waals surface area contributed by atoms with Gasteiger partial charge in [0, 0.05) is 37.2 Å². The normalized spacial score (nSPS) is 23.2. The first-order valence-corrected chi connectivity index (χ1v) is 11.9. The molecule has 0 aromatic heterocycles. The highest BCUT2D eigenvalue weighted by Gasteiger charge is 2.22. The fraction of sp³-hybridized carbons (Fsp3) is 0.938. The van der Waals surface area contributed by atoms with E-state index in [0.29, 0.717) is 24.3 Å². The smallest absolute Gasteiger partial charge is 0.213 e. The van der Waals surface area contributed by atoms with Crippen molar-refractivity contribution in [2.45, 2.75) is 44.8 Å². The summed E-state index contributed by atoms with van der Waals surface area (Å²) in [5.41, 5.74) is 0. The first-order valence-electron chi connectivity index (χ1n) is 9.16. The van der Waals surface area contributed by atoms with Crippen LogP contribution in [0, 0.1) is 5.92 Å². The van der Waals surface area contributed by atoms with Crippen molar-refractivity contribution in [2.75, 3.05) is 44.2 Å². The standard InChI is InChI=1S/C16H32N4O2S2/c1-3-15-13-20(9-10-23-15)16(17-4-2)18-8-11-24(21,22)19-12-14-6-5-7-14/h14-15,19H,3-13H2,1-2H3,(H,17,18). The van der Waals surface area contributed by atoms with Gasteiger partial charge in [-0.15, -0.1) is 0 Å². The molecule has 1 saturated carbocycles. The summed E-state index contributed by atoms with van der Waals surface area (Å²) in [6.07, 6.45) is 4.68. The molecule has 8 heteroatoms. The zero-order chi connectivity index (χ0) is 17.4. The maximum atomic E-state index is 12.1. The molecule has 2 fully saturated rings. The maximum absolute atomic E-state index is 12.1. The Hall–Kier alpha value is -0.470. The van der Waals surface area contributed by atoms with Crippen molar-refractivity contribution in [3.05, 3.63) is 0 Å². The number of hydrogen-bond acceptors (Lipinski definition) is 4. The van der Waals surface area contributed by atoms with Gasteiger partial charge in [-0.2, -0.15) is 11.8 Å². The molecule has 6 nitrogen and oxygen atoms in total. The molecule has 0 radical (unpaired) electrons. The van der Waals surface area contributed by atoms with Crippen molar-refractivity contribution in [1.29, 1.82) is 0 Å². The third-order valence-corrected chi connectivity index (χ3v) is 7.37. The van der Waals surface area contributed by atoms with Gasteiger partial charge in [-0.25, -0.2) is 13.1 Å². The molecule has 140 valence electrons. The predicted octanol–water partition coefficient (Wildman–Crippen LogP) is 1.50. The average Bonchev–Trinajstić information content (AvgIpc) is 2.52. The van der Waals surface area contributed by atoms with E-state index in [-0.39, 0.29) is 5.75 Å². The minimum Gasteiger partial charge on any atom is -0.357 e. The number of guanidine groups is 1. The average molecular weight is 377 g/mol. The van der Waals surface area contributed by atoms with E-state index in [4.69, 9.17) is 0 Å². The van der Waals surface area contributed by atoms with Crippen LogP contribution in [0.3, 0.4) is 0 Å². The molecule has 1 aliphatic carbocycles. The van der Waals surface area contributed by atoms with Crippen LogP contribution >= 0.6 is 11.8 Å². The van der Waals surface area contributed by atoms with Gasteiger partial charge in [-0.1, -0.05) is 13.3 Å². The molecule has 0 amide bonds. The Labute approximate surface area is 151 Å². The van der Waals surface area contributed by atoms with Crippen LogP contribution in [0.25, 0.3) is 0 Å². The van der Waals surface area contributed by atoms with E-state index < -0.39 is 10.0 Å². The highest BCUT2D eigenvalue weighted by atomic mass is 32.2. The molecular weight excluding hydrogens is 344 g/mol. The molecule has 0 spiro atoms. The highest BCUT2D eigenvalue weighted by molar-refractivity contribution is 8.00. The van der Waals surface area contributed by atoms with Gasteiger partial charge in [0.05, 0.1) is 12.3 Å². The molecule has 1 saturated heterocycles. The van der Waals surface area contributed by atoms with Crippen LogP contribution in [0.2, 0.25) is 0 Å². The van der Waals surface area contributed by atoms with Gasteiger partial charge in [0.1, 0.15) is 0 Å². The summed E-state index contributed by atoms with van der Waals surface area (Å²) in [6.45, 7) is 7.91. The van der Waals surface area contributed by atoms with Crippen molar-refractivity contribution < 1.29 is 8.42 Å². The second-order valence-corrected chi connectivity index (χ2v) is 9.88. The summed E-state index contributed by atoms with van der Waals surface area (Å²) in [7, 11) is -3.22. The third-order valence-electron chi connectivity index (χ3n) is 4.67. The van der Waals surface area contributed by atoms with Crippen molar-refractivity contribution >= 4 is 27.7 Å². The number of nitrogens with one attached hydrogen (secondary N) is 2. The number of aliphatic imine (C=N–C) groups is 1. The van der Waals surface area contributed by atoms with Crippen LogP contribution in [-0.4, -0.2) is 68.8 Å². The van der Waals surface area contributed by atoms with E-state index in [1.807, 2.05) is 18.7 Å². The minimum absolute atomic E-state index is 0.0639. The highest BCUT2D eigenvalue weighted by Crippen LogP contribution is 2.25. The van der Waals surface area contributed by atoms with E-state index in [9.17, 15) is 8.42 Å². The van der Waals surface area contributed by atoms with Gasteiger partial charge in [-0.3, -0.25) is 4.99 Å². The van der Waals surface area contributed by atoms with Gasteiger partial charge in [-0.05, 0) is 32.1 Å². The summed E-state index contributed by atoms with van der Waals surface area (Å²) in [5, 5.41) is 3.94. The quantitative estimate of drug-likeness (QED) is 0.496. The zero-order valence-corrected chi connectivity index (χ0v) is 16.6. The molecule has 2 rings (SSSR count). The van der Waals surface area contributed by atoms with Crippen LogP contribution < -0.4 is 10.0 Å². The van der Waals surface area contributed by atoms with E-state index >= 15 is 0 Å². The monoisotopic (exact) mass is 376 g/mol. The van der Waals surface area contributed by atoms with Gasteiger partial charge < -0.3 is 10.2 Å².